The highest BCUT2D eigenvalue weighted by molar-refractivity contribution is 5.44. The molecule has 0 spiro atoms. The summed E-state index contributed by atoms with van der Waals surface area (Å²) in [4.78, 5) is 0. The highest BCUT2D eigenvalue weighted by atomic mass is 16.5. The summed E-state index contributed by atoms with van der Waals surface area (Å²) < 4.78 is 11.2. The molecule has 0 saturated heterocycles. The summed E-state index contributed by atoms with van der Waals surface area (Å²) in [6, 6.07) is 6.01. The molecule has 0 aromatic heterocycles. The molecular weight excluding hydrogens is 254 g/mol. The van der Waals surface area contributed by atoms with E-state index in [1.165, 1.54) is 0 Å². The van der Waals surface area contributed by atoms with Crippen molar-refractivity contribution in [2.45, 2.75) is 45.6 Å². The Labute approximate surface area is 121 Å². The fourth-order valence-corrected chi connectivity index (χ4v) is 2.28. The molecule has 0 fully saturated rings. The lowest BCUT2D eigenvalue weighted by atomic mass is 9.90. The van der Waals surface area contributed by atoms with Crippen LogP contribution < -0.4 is 15.2 Å². The van der Waals surface area contributed by atoms with Gasteiger partial charge < -0.3 is 20.3 Å². The first-order chi connectivity index (χ1) is 9.65. The summed E-state index contributed by atoms with van der Waals surface area (Å²) in [7, 11) is 0. The minimum atomic E-state index is -0.456. The number of aliphatic hydroxyl groups is 1. The van der Waals surface area contributed by atoms with Crippen molar-refractivity contribution in [1.29, 1.82) is 0 Å². The molecule has 4 heteroatoms. The molecule has 0 bridgehead atoms. The van der Waals surface area contributed by atoms with E-state index in [0.717, 1.165) is 23.5 Å². The predicted molar refractivity (Wildman–Crippen MR) is 81.5 cm³/mol. The van der Waals surface area contributed by atoms with E-state index >= 15 is 0 Å². The van der Waals surface area contributed by atoms with E-state index in [2.05, 4.69) is 6.92 Å². The molecule has 2 unspecified atom stereocenters. The van der Waals surface area contributed by atoms with Gasteiger partial charge >= 0.3 is 0 Å². The summed E-state index contributed by atoms with van der Waals surface area (Å²) in [6.45, 7) is 7.54. The molecule has 0 saturated carbocycles. The standard InChI is InChI=1S/C16H27NO3/c1-4-12(9-14(18)11-17)13-7-8-15(19-5-2)16(10-13)20-6-3/h7-8,10,12,14,18H,4-6,9,11,17H2,1-3H3. The van der Waals surface area contributed by atoms with Crippen LogP contribution in [-0.4, -0.2) is 31.0 Å². The van der Waals surface area contributed by atoms with Gasteiger partial charge in [0.05, 0.1) is 19.3 Å². The molecule has 114 valence electrons. The van der Waals surface area contributed by atoms with Crippen LogP contribution in [0.2, 0.25) is 0 Å². The summed E-state index contributed by atoms with van der Waals surface area (Å²) >= 11 is 0. The zero-order valence-corrected chi connectivity index (χ0v) is 12.8. The molecule has 1 aromatic carbocycles. The Balaban J connectivity index is 2.95. The van der Waals surface area contributed by atoms with Crippen molar-refractivity contribution in [3.63, 3.8) is 0 Å². The van der Waals surface area contributed by atoms with E-state index in [4.69, 9.17) is 15.2 Å². The average molecular weight is 281 g/mol. The van der Waals surface area contributed by atoms with Crippen LogP contribution >= 0.6 is 0 Å². The average Bonchev–Trinajstić information content (AvgIpc) is 2.46. The first kappa shape index (κ1) is 16.8. The number of hydrogen-bond donors (Lipinski definition) is 2. The smallest absolute Gasteiger partial charge is 0.161 e. The van der Waals surface area contributed by atoms with Crippen LogP contribution in [-0.2, 0) is 0 Å². The van der Waals surface area contributed by atoms with Crippen LogP contribution in [0.4, 0.5) is 0 Å². The summed E-state index contributed by atoms with van der Waals surface area (Å²) in [5, 5.41) is 9.75. The van der Waals surface area contributed by atoms with Gasteiger partial charge in [0, 0.05) is 6.54 Å². The quantitative estimate of drug-likeness (QED) is 0.730. The lowest BCUT2D eigenvalue weighted by Crippen LogP contribution is -2.22. The number of rotatable bonds is 9. The monoisotopic (exact) mass is 281 g/mol. The molecule has 0 aliphatic carbocycles. The maximum Gasteiger partial charge on any atom is 0.161 e. The molecule has 20 heavy (non-hydrogen) atoms. The lowest BCUT2D eigenvalue weighted by molar-refractivity contribution is 0.162. The van der Waals surface area contributed by atoms with Crippen molar-refractivity contribution in [1.82, 2.24) is 0 Å². The van der Waals surface area contributed by atoms with E-state index in [0.29, 0.717) is 26.2 Å². The Bertz CT molecular complexity index is 395. The fraction of sp³-hybridized carbons (Fsp3) is 0.625. The first-order valence-electron chi connectivity index (χ1n) is 7.43. The fourth-order valence-electron chi connectivity index (χ4n) is 2.28. The third-order valence-electron chi connectivity index (χ3n) is 3.36. The van der Waals surface area contributed by atoms with Crippen molar-refractivity contribution >= 4 is 0 Å². The van der Waals surface area contributed by atoms with Gasteiger partial charge in [0.1, 0.15) is 0 Å². The van der Waals surface area contributed by atoms with E-state index < -0.39 is 6.10 Å². The van der Waals surface area contributed by atoms with Crippen LogP contribution in [0.25, 0.3) is 0 Å². The van der Waals surface area contributed by atoms with Gasteiger partial charge in [-0.3, -0.25) is 0 Å². The van der Waals surface area contributed by atoms with Gasteiger partial charge in [0.15, 0.2) is 11.5 Å². The molecule has 0 heterocycles. The molecular formula is C16H27NO3. The second-order valence-corrected chi connectivity index (χ2v) is 4.80. The number of aliphatic hydroxyl groups excluding tert-OH is 1. The van der Waals surface area contributed by atoms with Crippen LogP contribution in [0.3, 0.4) is 0 Å². The first-order valence-corrected chi connectivity index (χ1v) is 7.43. The van der Waals surface area contributed by atoms with Crippen LogP contribution in [0.5, 0.6) is 11.5 Å². The maximum absolute atomic E-state index is 9.75. The Morgan fingerprint density at radius 2 is 1.75 bits per heavy atom. The van der Waals surface area contributed by atoms with Crippen molar-refractivity contribution in [3.05, 3.63) is 23.8 Å². The van der Waals surface area contributed by atoms with Crippen LogP contribution in [0, 0.1) is 0 Å². The highest BCUT2D eigenvalue weighted by Gasteiger charge is 2.16. The SMILES string of the molecule is CCOc1ccc(C(CC)CC(O)CN)cc1OCC. The van der Waals surface area contributed by atoms with Gasteiger partial charge in [-0.15, -0.1) is 0 Å². The van der Waals surface area contributed by atoms with Crippen LogP contribution in [0.15, 0.2) is 18.2 Å². The van der Waals surface area contributed by atoms with E-state index in [9.17, 15) is 5.11 Å². The molecule has 1 aromatic rings. The minimum Gasteiger partial charge on any atom is -0.490 e. The van der Waals surface area contributed by atoms with Gasteiger partial charge in [-0.1, -0.05) is 13.0 Å². The van der Waals surface area contributed by atoms with E-state index in [1.807, 2.05) is 32.0 Å². The molecule has 2 atom stereocenters. The van der Waals surface area contributed by atoms with Crippen molar-refractivity contribution in [3.8, 4) is 11.5 Å². The zero-order chi connectivity index (χ0) is 15.0. The van der Waals surface area contributed by atoms with E-state index in [-0.39, 0.29) is 5.92 Å². The number of benzene rings is 1. The van der Waals surface area contributed by atoms with Gasteiger partial charge in [-0.05, 0) is 50.3 Å². The van der Waals surface area contributed by atoms with Crippen LogP contribution in [0.1, 0.15) is 45.1 Å². The number of nitrogens with two attached hydrogens (primary N) is 1. The molecule has 0 amide bonds. The van der Waals surface area contributed by atoms with Gasteiger partial charge in [-0.25, -0.2) is 0 Å². The second-order valence-electron chi connectivity index (χ2n) is 4.80. The van der Waals surface area contributed by atoms with Gasteiger partial charge in [0.25, 0.3) is 0 Å². The number of ether oxygens (including phenoxy) is 2. The molecule has 1 rings (SSSR count). The van der Waals surface area contributed by atoms with E-state index in [1.54, 1.807) is 0 Å². The second kappa shape index (κ2) is 8.82. The van der Waals surface area contributed by atoms with Gasteiger partial charge in [0.2, 0.25) is 0 Å². The summed E-state index contributed by atoms with van der Waals surface area (Å²) in [5.41, 5.74) is 6.66. The Morgan fingerprint density at radius 1 is 1.10 bits per heavy atom. The lowest BCUT2D eigenvalue weighted by Gasteiger charge is -2.20. The molecule has 0 aliphatic rings. The number of hydrogen-bond acceptors (Lipinski definition) is 4. The molecule has 3 N–H and O–H groups in total. The van der Waals surface area contributed by atoms with Crippen molar-refractivity contribution in [2.75, 3.05) is 19.8 Å². The molecule has 4 nitrogen and oxygen atoms in total. The highest BCUT2D eigenvalue weighted by Crippen LogP contribution is 2.34. The third-order valence-corrected chi connectivity index (χ3v) is 3.36. The summed E-state index contributed by atoms with van der Waals surface area (Å²) in [6.07, 6.45) is 1.17. The molecule has 0 radical (unpaired) electrons. The maximum atomic E-state index is 9.75. The Kier molecular flexibility index (Phi) is 7.41. The normalized spacial score (nSPS) is 13.8. The minimum absolute atomic E-state index is 0.281. The van der Waals surface area contributed by atoms with Gasteiger partial charge in [-0.2, -0.15) is 0 Å². The topological polar surface area (TPSA) is 64.7 Å². The summed E-state index contributed by atoms with van der Waals surface area (Å²) in [5.74, 6) is 1.82. The largest absolute Gasteiger partial charge is 0.490 e. The van der Waals surface area contributed by atoms with Crippen molar-refractivity contribution < 1.29 is 14.6 Å². The Morgan fingerprint density at radius 3 is 2.30 bits per heavy atom. The predicted octanol–water partition coefficient (Wildman–Crippen LogP) is 2.69. The zero-order valence-electron chi connectivity index (χ0n) is 12.8. The third kappa shape index (κ3) is 4.69. The molecule has 0 aliphatic heterocycles. The Hall–Kier alpha value is -1.26. The van der Waals surface area contributed by atoms with Crippen molar-refractivity contribution in [2.24, 2.45) is 5.73 Å².